The van der Waals surface area contributed by atoms with Gasteiger partial charge in [-0.05, 0) is 37.0 Å². The molecular weight excluding hydrogens is 352 g/mol. The molecule has 4 rings (SSSR count). The van der Waals surface area contributed by atoms with Crippen LogP contribution in [0.15, 0.2) is 36.4 Å². The molecule has 0 radical (unpaired) electrons. The molecule has 1 aromatic carbocycles. The lowest BCUT2D eigenvalue weighted by Crippen LogP contribution is -2.62. The van der Waals surface area contributed by atoms with Crippen LogP contribution in [0.4, 0.5) is 0 Å². The fraction of sp³-hybridized carbons (Fsp3) is 0.450. The summed E-state index contributed by atoms with van der Waals surface area (Å²) < 4.78 is 0. The van der Waals surface area contributed by atoms with E-state index < -0.39 is 0 Å². The second-order valence-electron chi connectivity index (χ2n) is 7.28. The number of rotatable bonds is 4. The molecule has 3 aliphatic rings. The molecule has 5 nitrogen and oxygen atoms in total. The number of hydrogen-bond acceptors (Lipinski definition) is 3. The summed E-state index contributed by atoms with van der Waals surface area (Å²) in [6, 6.07) is 7.35. The molecule has 2 unspecified atom stereocenters. The molecular formula is C20H21ClN2O3. The number of imide groups is 1. The maximum atomic E-state index is 12.6. The molecule has 2 saturated heterocycles. The number of carbonyl (C=O) groups excluding carboxylic acids is 3. The molecule has 2 aliphatic heterocycles. The molecule has 3 amide bonds. The van der Waals surface area contributed by atoms with E-state index in [1.165, 1.54) is 4.90 Å². The monoisotopic (exact) mass is 372 g/mol. The minimum Gasteiger partial charge on any atom is -0.338 e. The van der Waals surface area contributed by atoms with E-state index in [9.17, 15) is 14.4 Å². The van der Waals surface area contributed by atoms with Crippen molar-refractivity contribution < 1.29 is 14.4 Å². The van der Waals surface area contributed by atoms with E-state index in [2.05, 4.69) is 0 Å². The average molecular weight is 373 g/mol. The lowest BCUT2D eigenvalue weighted by Gasteiger charge is -2.43. The van der Waals surface area contributed by atoms with E-state index in [1.54, 1.807) is 4.90 Å². The maximum Gasteiger partial charge on any atom is 0.233 e. The SMILES string of the molecule is O=C(CCc1cccc(Cl)c1)N1CC(N2C(=O)C3CC=CCC3C2=O)C1. The highest BCUT2D eigenvalue weighted by Crippen LogP contribution is 2.37. The first kappa shape index (κ1) is 17.3. The first-order valence-electron chi connectivity index (χ1n) is 9.08. The molecule has 2 heterocycles. The van der Waals surface area contributed by atoms with Crippen LogP contribution in [0.5, 0.6) is 0 Å². The van der Waals surface area contributed by atoms with Crippen molar-refractivity contribution in [1.29, 1.82) is 0 Å². The summed E-state index contributed by atoms with van der Waals surface area (Å²) in [6.07, 6.45) is 6.33. The van der Waals surface area contributed by atoms with Crippen molar-refractivity contribution >= 4 is 29.3 Å². The smallest absolute Gasteiger partial charge is 0.233 e. The van der Waals surface area contributed by atoms with E-state index in [0.29, 0.717) is 43.8 Å². The van der Waals surface area contributed by atoms with Crippen molar-refractivity contribution in [1.82, 2.24) is 9.80 Å². The van der Waals surface area contributed by atoms with E-state index in [-0.39, 0.29) is 35.6 Å². The van der Waals surface area contributed by atoms with Crippen molar-refractivity contribution in [2.45, 2.75) is 31.7 Å². The average Bonchev–Trinajstić information content (AvgIpc) is 2.84. The molecule has 0 bridgehead atoms. The van der Waals surface area contributed by atoms with Crippen LogP contribution in [-0.2, 0) is 20.8 Å². The summed E-state index contributed by atoms with van der Waals surface area (Å²) in [7, 11) is 0. The summed E-state index contributed by atoms with van der Waals surface area (Å²) >= 11 is 5.96. The van der Waals surface area contributed by atoms with Crippen LogP contribution in [0.1, 0.15) is 24.8 Å². The Morgan fingerprint density at radius 2 is 1.73 bits per heavy atom. The quantitative estimate of drug-likeness (QED) is 0.602. The van der Waals surface area contributed by atoms with Gasteiger partial charge < -0.3 is 4.90 Å². The van der Waals surface area contributed by atoms with Crippen LogP contribution in [0.2, 0.25) is 5.02 Å². The zero-order chi connectivity index (χ0) is 18.3. The Labute approximate surface area is 157 Å². The molecule has 1 aromatic rings. The first-order valence-corrected chi connectivity index (χ1v) is 9.46. The lowest BCUT2D eigenvalue weighted by atomic mass is 9.85. The molecule has 26 heavy (non-hydrogen) atoms. The summed E-state index contributed by atoms with van der Waals surface area (Å²) in [6.45, 7) is 0.914. The topological polar surface area (TPSA) is 57.7 Å². The Hall–Kier alpha value is -2.14. The van der Waals surface area contributed by atoms with E-state index in [4.69, 9.17) is 11.6 Å². The number of fused-ring (bicyclic) bond motifs is 1. The standard InChI is InChI=1S/C20H21ClN2O3/c21-14-5-3-4-13(10-14)8-9-18(24)22-11-15(12-22)23-19(25)16-6-1-2-7-17(16)20(23)26/h1-5,10,15-17H,6-9,11-12H2. The fourth-order valence-electron chi connectivity index (χ4n) is 4.11. The van der Waals surface area contributed by atoms with Gasteiger partial charge in [0.1, 0.15) is 0 Å². The van der Waals surface area contributed by atoms with Crippen molar-refractivity contribution in [2.24, 2.45) is 11.8 Å². The van der Waals surface area contributed by atoms with Gasteiger partial charge in [0.05, 0.1) is 17.9 Å². The predicted molar refractivity (Wildman–Crippen MR) is 97.3 cm³/mol. The van der Waals surface area contributed by atoms with Crippen LogP contribution in [0.25, 0.3) is 0 Å². The predicted octanol–water partition coefficient (Wildman–Crippen LogP) is 2.43. The van der Waals surface area contributed by atoms with Crippen molar-refractivity contribution in [2.75, 3.05) is 13.1 Å². The molecule has 2 fully saturated rings. The number of benzene rings is 1. The number of nitrogens with zero attached hydrogens (tertiary/aromatic N) is 2. The largest absolute Gasteiger partial charge is 0.338 e. The third-order valence-corrected chi connectivity index (χ3v) is 5.87. The van der Waals surface area contributed by atoms with Gasteiger partial charge in [0.25, 0.3) is 0 Å². The molecule has 0 N–H and O–H groups in total. The Morgan fingerprint density at radius 1 is 1.08 bits per heavy atom. The first-order chi connectivity index (χ1) is 12.5. The second-order valence-corrected chi connectivity index (χ2v) is 7.72. The van der Waals surface area contributed by atoms with Gasteiger partial charge in [-0.25, -0.2) is 0 Å². The lowest BCUT2D eigenvalue weighted by molar-refractivity contribution is -0.152. The van der Waals surface area contributed by atoms with Crippen molar-refractivity contribution in [3.8, 4) is 0 Å². The molecule has 1 aliphatic carbocycles. The third kappa shape index (κ3) is 3.05. The molecule has 0 saturated carbocycles. The van der Waals surface area contributed by atoms with Crippen LogP contribution in [-0.4, -0.2) is 46.7 Å². The fourth-order valence-corrected chi connectivity index (χ4v) is 4.32. The van der Waals surface area contributed by atoms with Gasteiger partial charge in [-0.2, -0.15) is 0 Å². The Bertz CT molecular complexity index is 759. The van der Waals surface area contributed by atoms with Gasteiger partial charge in [-0.15, -0.1) is 0 Å². The number of halogens is 1. The molecule has 0 aromatic heterocycles. The molecule has 136 valence electrons. The normalized spacial score (nSPS) is 25.4. The van der Waals surface area contributed by atoms with Gasteiger partial charge >= 0.3 is 0 Å². The highest BCUT2D eigenvalue weighted by Gasteiger charge is 2.52. The van der Waals surface area contributed by atoms with E-state index in [1.807, 2.05) is 36.4 Å². The molecule has 0 spiro atoms. The zero-order valence-corrected chi connectivity index (χ0v) is 15.2. The number of likely N-dealkylation sites (tertiary alicyclic amines) is 2. The third-order valence-electron chi connectivity index (χ3n) is 5.64. The maximum absolute atomic E-state index is 12.6. The summed E-state index contributed by atoms with van der Waals surface area (Å²) in [5.74, 6) is -0.444. The number of aryl methyl sites for hydroxylation is 1. The van der Waals surface area contributed by atoms with E-state index >= 15 is 0 Å². The number of amides is 3. The Kier molecular flexibility index (Phi) is 4.57. The highest BCUT2D eigenvalue weighted by atomic mass is 35.5. The van der Waals surface area contributed by atoms with Crippen molar-refractivity contribution in [3.63, 3.8) is 0 Å². The Morgan fingerprint density at radius 3 is 2.35 bits per heavy atom. The highest BCUT2D eigenvalue weighted by molar-refractivity contribution is 6.30. The van der Waals surface area contributed by atoms with Gasteiger partial charge in [0.2, 0.25) is 17.7 Å². The molecule has 6 heteroatoms. The van der Waals surface area contributed by atoms with Crippen molar-refractivity contribution in [3.05, 3.63) is 47.0 Å². The van der Waals surface area contributed by atoms with Gasteiger partial charge in [-0.3, -0.25) is 19.3 Å². The zero-order valence-electron chi connectivity index (χ0n) is 14.4. The Balaban J connectivity index is 1.30. The van der Waals surface area contributed by atoms with Gasteiger partial charge in [0, 0.05) is 24.5 Å². The minimum absolute atomic E-state index is 0.0550. The second kappa shape index (κ2) is 6.88. The van der Waals surface area contributed by atoms with Crippen LogP contribution < -0.4 is 0 Å². The summed E-state index contributed by atoms with van der Waals surface area (Å²) in [4.78, 5) is 40.6. The van der Waals surface area contributed by atoms with E-state index in [0.717, 1.165) is 5.56 Å². The number of carbonyl (C=O) groups is 3. The van der Waals surface area contributed by atoms with Gasteiger partial charge in [0.15, 0.2) is 0 Å². The number of hydrogen-bond donors (Lipinski definition) is 0. The van der Waals surface area contributed by atoms with Crippen LogP contribution >= 0.6 is 11.6 Å². The summed E-state index contributed by atoms with van der Waals surface area (Å²) in [5.41, 5.74) is 1.03. The summed E-state index contributed by atoms with van der Waals surface area (Å²) in [5, 5.41) is 0.668. The van der Waals surface area contributed by atoms with Gasteiger partial charge in [-0.1, -0.05) is 35.9 Å². The van der Waals surface area contributed by atoms with Crippen LogP contribution in [0.3, 0.4) is 0 Å². The number of allylic oxidation sites excluding steroid dienone is 2. The van der Waals surface area contributed by atoms with Crippen LogP contribution in [0, 0.1) is 11.8 Å². The minimum atomic E-state index is -0.194. The molecule has 2 atom stereocenters.